The third-order valence-electron chi connectivity index (χ3n) is 1.77. The second kappa shape index (κ2) is 7.99. The number of hydrogen-bond acceptors (Lipinski definition) is 4. The highest BCUT2D eigenvalue weighted by Gasteiger charge is 2.13. The van der Waals surface area contributed by atoms with Crippen LogP contribution in [-0.2, 0) is 19.4 Å². The van der Waals surface area contributed by atoms with Crippen LogP contribution in [0.5, 0.6) is 0 Å². The minimum absolute atomic E-state index is 0.123. The number of hydrogen-bond donors (Lipinski definition) is 1. The average Bonchev–Trinajstić information content (AvgIpc) is 2.16. The molecule has 0 saturated heterocycles. The highest BCUT2D eigenvalue weighted by atomic mass is 17.2. The van der Waals surface area contributed by atoms with Gasteiger partial charge in [-0.15, -0.1) is 0 Å². The van der Waals surface area contributed by atoms with E-state index in [1.807, 2.05) is 6.92 Å². The summed E-state index contributed by atoms with van der Waals surface area (Å²) in [4.78, 5) is 30.1. The molecule has 0 aromatic carbocycles. The Kier molecular flexibility index (Phi) is 7.27. The SMILES string of the molecule is CCCCCC(=CC(=O)O)C(=O)OOC. The summed E-state index contributed by atoms with van der Waals surface area (Å²) in [6.07, 6.45) is 3.95. The van der Waals surface area contributed by atoms with E-state index in [2.05, 4.69) is 9.78 Å². The minimum Gasteiger partial charge on any atom is -0.478 e. The van der Waals surface area contributed by atoms with Gasteiger partial charge in [0.2, 0.25) is 0 Å². The van der Waals surface area contributed by atoms with Gasteiger partial charge in [0.1, 0.15) is 0 Å². The van der Waals surface area contributed by atoms with Gasteiger partial charge in [0.25, 0.3) is 0 Å². The second-order valence-electron chi connectivity index (χ2n) is 3.00. The van der Waals surface area contributed by atoms with Gasteiger partial charge in [-0.05, 0) is 12.8 Å². The number of carbonyl (C=O) groups is 2. The van der Waals surface area contributed by atoms with Crippen LogP contribution in [0.15, 0.2) is 11.6 Å². The van der Waals surface area contributed by atoms with Gasteiger partial charge in [0, 0.05) is 11.6 Å². The maximum absolute atomic E-state index is 11.2. The molecule has 5 heteroatoms. The van der Waals surface area contributed by atoms with Crippen LogP contribution in [0.25, 0.3) is 0 Å². The largest absolute Gasteiger partial charge is 0.478 e. The van der Waals surface area contributed by atoms with Crippen LogP contribution < -0.4 is 0 Å². The normalized spacial score (nSPS) is 11.2. The molecule has 0 amide bonds. The fourth-order valence-corrected chi connectivity index (χ4v) is 1.08. The van der Waals surface area contributed by atoms with Crippen LogP contribution in [0.3, 0.4) is 0 Å². The van der Waals surface area contributed by atoms with Crippen molar-refractivity contribution in [3.8, 4) is 0 Å². The van der Waals surface area contributed by atoms with Crippen LogP contribution in [0.4, 0.5) is 0 Å². The van der Waals surface area contributed by atoms with E-state index in [4.69, 9.17) is 5.11 Å². The average molecular weight is 216 g/mol. The molecule has 1 N–H and O–H groups in total. The van der Waals surface area contributed by atoms with Crippen molar-refractivity contribution in [2.75, 3.05) is 7.11 Å². The number of unbranched alkanes of at least 4 members (excludes halogenated alkanes) is 2. The summed E-state index contributed by atoms with van der Waals surface area (Å²) in [5.41, 5.74) is 0.123. The Bertz CT molecular complexity index is 244. The third-order valence-corrected chi connectivity index (χ3v) is 1.77. The highest BCUT2D eigenvalue weighted by molar-refractivity contribution is 5.95. The molecule has 5 nitrogen and oxygen atoms in total. The predicted molar refractivity (Wildman–Crippen MR) is 53.0 cm³/mol. The molecule has 0 aliphatic rings. The molecule has 15 heavy (non-hydrogen) atoms. The Morgan fingerprint density at radius 1 is 1.33 bits per heavy atom. The van der Waals surface area contributed by atoms with E-state index < -0.39 is 11.9 Å². The highest BCUT2D eigenvalue weighted by Crippen LogP contribution is 2.10. The third kappa shape index (κ3) is 6.68. The van der Waals surface area contributed by atoms with Crippen LogP contribution in [0.2, 0.25) is 0 Å². The van der Waals surface area contributed by atoms with E-state index in [1.165, 1.54) is 7.11 Å². The first kappa shape index (κ1) is 13.6. The van der Waals surface area contributed by atoms with Crippen LogP contribution in [0, 0.1) is 0 Å². The van der Waals surface area contributed by atoms with Crippen molar-refractivity contribution in [2.24, 2.45) is 0 Å². The van der Waals surface area contributed by atoms with Crippen molar-refractivity contribution in [1.29, 1.82) is 0 Å². The molecule has 86 valence electrons. The smallest absolute Gasteiger partial charge is 0.369 e. The van der Waals surface area contributed by atoms with E-state index in [1.54, 1.807) is 0 Å². The fourth-order valence-electron chi connectivity index (χ4n) is 1.08. The van der Waals surface area contributed by atoms with Crippen molar-refractivity contribution in [1.82, 2.24) is 0 Å². The lowest BCUT2D eigenvalue weighted by atomic mass is 10.1. The monoisotopic (exact) mass is 216 g/mol. The molecule has 0 atom stereocenters. The maximum atomic E-state index is 11.2. The molecule has 0 bridgehead atoms. The van der Waals surface area contributed by atoms with E-state index in [9.17, 15) is 9.59 Å². The van der Waals surface area contributed by atoms with E-state index in [-0.39, 0.29) is 5.57 Å². The van der Waals surface area contributed by atoms with Gasteiger partial charge >= 0.3 is 11.9 Å². The van der Waals surface area contributed by atoms with Gasteiger partial charge in [0.15, 0.2) is 0 Å². The topological polar surface area (TPSA) is 72.8 Å². The summed E-state index contributed by atoms with van der Waals surface area (Å²) in [5.74, 6) is -1.90. The summed E-state index contributed by atoms with van der Waals surface area (Å²) in [5, 5.41) is 8.53. The first-order valence-electron chi connectivity index (χ1n) is 4.80. The van der Waals surface area contributed by atoms with Crippen molar-refractivity contribution in [3.05, 3.63) is 11.6 Å². The summed E-state index contributed by atoms with van der Waals surface area (Å²) in [7, 11) is 1.20. The van der Waals surface area contributed by atoms with Gasteiger partial charge in [-0.25, -0.2) is 9.59 Å². The lowest BCUT2D eigenvalue weighted by Crippen LogP contribution is -2.09. The molecule has 0 heterocycles. The number of carbonyl (C=O) groups excluding carboxylic acids is 1. The summed E-state index contributed by atoms with van der Waals surface area (Å²) in [6.45, 7) is 2.02. The zero-order valence-electron chi connectivity index (χ0n) is 8.99. The molecule has 0 aliphatic heterocycles. The van der Waals surface area contributed by atoms with Gasteiger partial charge in [-0.1, -0.05) is 19.8 Å². The van der Waals surface area contributed by atoms with Crippen molar-refractivity contribution < 1.29 is 24.5 Å². The summed E-state index contributed by atoms with van der Waals surface area (Å²) < 4.78 is 0. The molecule has 0 unspecified atom stereocenters. The van der Waals surface area contributed by atoms with E-state index >= 15 is 0 Å². The maximum Gasteiger partial charge on any atom is 0.369 e. The molecule has 0 rings (SSSR count). The molecule has 0 aromatic rings. The molecule has 0 radical (unpaired) electrons. The molecular weight excluding hydrogens is 200 g/mol. The molecule has 0 aromatic heterocycles. The number of aliphatic carboxylic acids is 1. The Hall–Kier alpha value is -1.36. The molecule has 0 aliphatic carbocycles. The molecule has 0 saturated carbocycles. The lowest BCUT2D eigenvalue weighted by molar-refractivity contribution is -0.250. The molecule has 0 fully saturated rings. The number of rotatable bonds is 7. The number of carboxylic acids is 1. The van der Waals surface area contributed by atoms with E-state index in [0.717, 1.165) is 25.3 Å². The second-order valence-corrected chi connectivity index (χ2v) is 3.00. The minimum atomic E-state index is -1.16. The van der Waals surface area contributed by atoms with Crippen LogP contribution in [0.1, 0.15) is 32.6 Å². The Balaban J connectivity index is 4.31. The van der Waals surface area contributed by atoms with Gasteiger partial charge in [-0.3, -0.25) is 4.89 Å². The quantitative estimate of drug-likeness (QED) is 0.303. The lowest BCUT2D eigenvalue weighted by Gasteiger charge is -2.03. The summed E-state index contributed by atoms with van der Waals surface area (Å²) >= 11 is 0. The first-order valence-corrected chi connectivity index (χ1v) is 4.80. The Morgan fingerprint density at radius 3 is 2.47 bits per heavy atom. The van der Waals surface area contributed by atoms with Gasteiger partial charge in [0.05, 0.1) is 7.11 Å². The van der Waals surface area contributed by atoms with Crippen molar-refractivity contribution in [3.63, 3.8) is 0 Å². The standard InChI is InChI=1S/C10H16O5/c1-3-4-5-6-8(7-9(11)12)10(13)15-14-2/h7H,3-6H2,1-2H3,(H,11,12). The fraction of sp³-hybridized carbons (Fsp3) is 0.600. The Morgan fingerprint density at radius 2 is 2.00 bits per heavy atom. The number of carboxylic acid groups (broad SMARTS) is 1. The zero-order valence-corrected chi connectivity index (χ0v) is 8.99. The Labute approximate surface area is 88.6 Å². The van der Waals surface area contributed by atoms with Crippen molar-refractivity contribution >= 4 is 11.9 Å². The van der Waals surface area contributed by atoms with Crippen LogP contribution in [-0.4, -0.2) is 24.2 Å². The molecular formula is C10H16O5. The van der Waals surface area contributed by atoms with E-state index in [0.29, 0.717) is 6.42 Å². The zero-order chi connectivity index (χ0) is 11.7. The predicted octanol–water partition coefficient (Wildman–Crippen LogP) is 1.68. The van der Waals surface area contributed by atoms with Crippen LogP contribution >= 0.6 is 0 Å². The van der Waals surface area contributed by atoms with Crippen molar-refractivity contribution in [2.45, 2.75) is 32.6 Å². The van der Waals surface area contributed by atoms with Gasteiger partial charge < -0.3 is 5.11 Å². The van der Waals surface area contributed by atoms with Gasteiger partial charge in [-0.2, -0.15) is 4.89 Å². The molecule has 0 spiro atoms. The first-order chi connectivity index (χ1) is 7.11. The summed E-state index contributed by atoms with van der Waals surface area (Å²) in [6, 6.07) is 0.